The fourth-order valence-electron chi connectivity index (χ4n) is 0.980. The van der Waals surface area contributed by atoms with Crippen LogP contribution in [0.2, 0.25) is 0 Å². The lowest BCUT2D eigenvalue weighted by Crippen LogP contribution is -2.02. The van der Waals surface area contributed by atoms with Crippen LogP contribution >= 0.6 is 0 Å². The summed E-state index contributed by atoms with van der Waals surface area (Å²) in [6.45, 7) is 5.86. The first kappa shape index (κ1) is 15.1. The van der Waals surface area contributed by atoms with Crippen LogP contribution in [0.3, 0.4) is 0 Å². The summed E-state index contributed by atoms with van der Waals surface area (Å²) in [5.41, 5.74) is 0.767. The van der Waals surface area contributed by atoms with Crippen LogP contribution < -0.4 is 0 Å². The van der Waals surface area contributed by atoms with Crippen molar-refractivity contribution in [3.8, 4) is 0 Å². The molecule has 0 N–H and O–H groups in total. The van der Waals surface area contributed by atoms with Crippen LogP contribution in [0.4, 0.5) is 5.69 Å². The van der Waals surface area contributed by atoms with Crippen LogP contribution in [0.5, 0.6) is 0 Å². The maximum Gasteiger partial charge on any atom is 0.305 e. The van der Waals surface area contributed by atoms with Crippen LogP contribution in [-0.4, -0.2) is 10.9 Å². The van der Waals surface area contributed by atoms with Crippen LogP contribution in [0.25, 0.3) is 0 Å². The summed E-state index contributed by atoms with van der Waals surface area (Å²) in [6.07, 6.45) is 0.326. The zero-order chi connectivity index (χ0) is 13.3. The molecule has 0 saturated carbocycles. The molecule has 5 heteroatoms. The molecular formula is C12H17NO4. The largest absolute Gasteiger partial charge is 0.461 e. The van der Waals surface area contributed by atoms with Gasteiger partial charge in [0.2, 0.25) is 0 Å². The number of non-ortho nitro benzene ring substituents is 1. The first-order valence-electron chi connectivity index (χ1n) is 5.52. The van der Waals surface area contributed by atoms with Crippen molar-refractivity contribution < 1.29 is 14.5 Å². The lowest BCUT2D eigenvalue weighted by Gasteiger charge is -2.02. The highest BCUT2D eigenvalue weighted by atomic mass is 16.6. The fourth-order valence-corrected chi connectivity index (χ4v) is 0.980. The van der Waals surface area contributed by atoms with Crippen molar-refractivity contribution in [2.45, 2.75) is 33.8 Å². The van der Waals surface area contributed by atoms with E-state index in [1.165, 1.54) is 12.1 Å². The highest BCUT2D eigenvalue weighted by Gasteiger charge is 2.04. The predicted octanol–water partition coefficient (Wildman–Crippen LogP) is 3.07. The standard InChI is InChI=1S/C10H11NO4.C2H6/c1-2-10(12)15-7-8-3-5-9(6-4-8)11(13)14;1-2/h3-6H,2,7H2,1H3;1-2H3. The Hall–Kier alpha value is -1.91. The second-order valence-corrected chi connectivity index (χ2v) is 2.94. The van der Waals surface area contributed by atoms with Crippen molar-refractivity contribution in [2.75, 3.05) is 0 Å². The molecule has 5 nitrogen and oxygen atoms in total. The van der Waals surface area contributed by atoms with E-state index in [2.05, 4.69) is 0 Å². The third kappa shape index (κ3) is 5.65. The summed E-state index contributed by atoms with van der Waals surface area (Å²) >= 11 is 0. The minimum absolute atomic E-state index is 0.0283. The molecule has 94 valence electrons. The molecule has 0 aliphatic carbocycles. The van der Waals surface area contributed by atoms with Crippen LogP contribution in [0, 0.1) is 10.1 Å². The Kier molecular flexibility index (Phi) is 7.34. The summed E-state index contributed by atoms with van der Waals surface area (Å²) in [6, 6.07) is 5.91. The van der Waals surface area contributed by atoms with Crippen LogP contribution in [0.1, 0.15) is 32.8 Å². The van der Waals surface area contributed by atoms with E-state index in [9.17, 15) is 14.9 Å². The molecule has 0 aromatic heterocycles. The molecule has 0 heterocycles. The minimum Gasteiger partial charge on any atom is -0.461 e. The van der Waals surface area contributed by atoms with Gasteiger partial charge in [0.15, 0.2) is 0 Å². The van der Waals surface area contributed by atoms with E-state index in [0.29, 0.717) is 6.42 Å². The van der Waals surface area contributed by atoms with Gasteiger partial charge in [-0.05, 0) is 17.7 Å². The Morgan fingerprint density at radius 1 is 1.29 bits per heavy atom. The molecule has 1 rings (SSSR count). The number of hydrogen-bond acceptors (Lipinski definition) is 4. The summed E-state index contributed by atoms with van der Waals surface area (Å²) in [7, 11) is 0. The van der Waals surface area contributed by atoms with Gasteiger partial charge < -0.3 is 4.74 Å². The van der Waals surface area contributed by atoms with Crippen LogP contribution in [-0.2, 0) is 16.1 Å². The molecule has 0 saturated heterocycles. The predicted molar refractivity (Wildman–Crippen MR) is 64.5 cm³/mol. The third-order valence-electron chi connectivity index (χ3n) is 1.84. The monoisotopic (exact) mass is 239 g/mol. The number of rotatable bonds is 4. The molecule has 1 aromatic rings. The quantitative estimate of drug-likeness (QED) is 0.460. The van der Waals surface area contributed by atoms with E-state index in [1.54, 1.807) is 19.1 Å². The van der Waals surface area contributed by atoms with Gasteiger partial charge in [-0.2, -0.15) is 0 Å². The second-order valence-electron chi connectivity index (χ2n) is 2.94. The second kappa shape index (κ2) is 8.27. The summed E-state index contributed by atoms with van der Waals surface area (Å²) in [5, 5.41) is 10.3. The van der Waals surface area contributed by atoms with E-state index >= 15 is 0 Å². The van der Waals surface area contributed by atoms with Crippen molar-refractivity contribution in [1.82, 2.24) is 0 Å². The van der Waals surface area contributed by atoms with Gasteiger partial charge in [-0.25, -0.2) is 0 Å². The highest BCUT2D eigenvalue weighted by molar-refractivity contribution is 5.68. The molecular weight excluding hydrogens is 222 g/mol. The zero-order valence-electron chi connectivity index (χ0n) is 10.3. The van der Waals surface area contributed by atoms with Gasteiger partial charge >= 0.3 is 5.97 Å². The zero-order valence-corrected chi connectivity index (χ0v) is 10.3. The number of benzene rings is 1. The number of ether oxygens (including phenoxy) is 1. The molecule has 1 aromatic carbocycles. The minimum atomic E-state index is -0.470. The Morgan fingerprint density at radius 2 is 1.82 bits per heavy atom. The molecule has 0 fully saturated rings. The topological polar surface area (TPSA) is 69.4 Å². The maximum atomic E-state index is 10.8. The number of nitro groups is 1. The molecule has 0 aliphatic rings. The maximum absolute atomic E-state index is 10.8. The van der Waals surface area contributed by atoms with Gasteiger partial charge in [0.1, 0.15) is 6.61 Å². The normalized spacial score (nSPS) is 8.88. The van der Waals surface area contributed by atoms with Gasteiger partial charge in [0.05, 0.1) is 4.92 Å². The molecule has 17 heavy (non-hydrogen) atoms. The fraction of sp³-hybridized carbons (Fsp3) is 0.417. The van der Waals surface area contributed by atoms with E-state index < -0.39 is 4.92 Å². The number of hydrogen-bond donors (Lipinski definition) is 0. The third-order valence-corrected chi connectivity index (χ3v) is 1.84. The summed E-state index contributed by atoms with van der Waals surface area (Å²) in [5.74, 6) is -0.284. The molecule has 0 bridgehead atoms. The Labute approximate surface area is 101 Å². The highest BCUT2D eigenvalue weighted by Crippen LogP contribution is 2.12. The summed E-state index contributed by atoms with van der Waals surface area (Å²) in [4.78, 5) is 20.7. The van der Waals surface area contributed by atoms with Crippen molar-refractivity contribution in [3.05, 3.63) is 39.9 Å². The summed E-state index contributed by atoms with van der Waals surface area (Å²) < 4.78 is 4.87. The number of carbonyl (C=O) groups excluding carboxylic acids is 1. The van der Waals surface area contributed by atoms with E-state index in [4.69, 9.17) is 4.74 Å². The Bertz CT molecular complexity index is 359. The van der Waals surface area contributed by atoms with Gasteiger partial charge in [-0.15, -0.1) is 0 Å². The smallest absolute Gasteiger partial charge is 0.305 e. The van der Waals surface area contributed by atoms with E-state index in [0.717, 1.165) is 5.56 Å². The van der Waals surface area contributed by atoms with Crippen LogP contribution in [0.15, 0.2) is 24.3 Å². The van der Waals surface area contributed by atoms with Gasteiger partial charge in [0, 0.05) is 18.6 Å². The van der Waals surface area contributed by atoms with Gasteiger partial charge in [-0.3, -0.25) is 14.9 Å². The number of nitrogens with zero attached hydrogens (tertiary/aromatic N) is 1. The average Bonchev–Trinajstić information content (AvgIpc) is 2.38. The molecule has 0 unspecified atom stereocenters. The first-order valence-corrected chi connectivity index (χ1v) is 5.52. The molecule has 0 atom stereocenters. The SMILES string of the molecule is CC.CCC(=O)OCc1ccc([N+](=O)[O-])cc1. The lowest BCUT2D eigenvalue weighted by atomic mass is 10.2. The first-order chi connectivity index (χ1) is 8.13. The van der Waals surface area contributed by atoms with Crippen molar-refractivity contribution in [2.24, 2.45) is 0 Å². The van der Waals surface area contributed by atoms with Crippen molar-refractivity contribution >= 4 is 11.7 Å². The number of nitro benzene ring substituents is 1. The number of carbonyl (C=O) groups is 1. The van der Waals surface area contributed by atoms with Crippen molar-refractivity contribution in [1.29, 1.82) is 0 Å². The van der Waals surface area contributed by atoms with Gasteiger partial charge in [0.25, 0.3) is 5.69 Å². The molecule has 0 amide bonds. The number of esters is 1. The Balaban J connectivity index is 0.00000121. The lowest BCUT2D eigenvalue weighted by molar-refractivity contribution is -0.384. The molecule has 0 radical (unpaired) electrons. The van der Waals surface area contributed by atoms with E-state index in [1.807, 2.05) is 13.8 Å². The average molecular weight is 239 g/mol. The van der Waals surface area contributed by atoms with Crippen molar-refractivity contribution in [3.63, 3.8) is 0 Å². The molecule has 0 aliphatic heterocycles. The van der Waals surface area contributed by atoms with Gasteiger partial charge in [-0.1, -0.05) is 20.8 Å². The van der Waals surface area contributed by atoms with E-state index in [-0.39, 0.29) is 18.3 Å². The Morgan fingerprint density at radius 3 is 2.24 bits per heavy atom. The molecule has 0 spiro atoms.